The van der Waals surface area contributed by atoms with Crippen molar-refractivity contribution in [1.29, 1.82) is 0 Å². The van der Waals surface area contributed by atoms with Crippen molar-refractivity contribution >= 4 is 28.3 Å². The largest absolute Gasteiger partial charge is 0.374 e. The molecular weight excluding hydrogens is 405 g/mol. The number of aromatic nitrogens is 1. The highest BCUT2D eigenvalue weighted by Crippen LogP contribution is 2.17. The van der Waals surface area contributed by atoms with Crippen LogP contribution < -0.4 is 4.90 Å². The lowest BCUT2D eigenvalue weighted by atomic mass is 10.2. The van der Waals surface area contributed by atoms with E-state index in [1.807, 2.05) is 6.07 Å². The Morgan fingerprint density at radius 1 is 1.17 bits per heavy atom. The number of aryl methyl sites for hydroxylation is 1. The average Bonchev–Trinajstić information content (AvgIpc) is 2.98. The van der Waals surface area contributed by atoms with Crippen LogP contribution in [0.2, 0.25) is 0 Å². The summed E-state index contributed by atoms with van der Waals surface area (Å²) in [4.78, 5) is 4.91. The molecule has 6 heteroatoms. The van der Waals surface area contributed by atoms with Crippen LogP contribution in [0.5, 0.6) is 0 Å². The molecule has 0 atom stereocenters. The van der Waals surface area contributed by atoms with Gasteiger partial charge >= 0.3 is 0 Å². The molecule has 0 N–H and O–H groups in total. The Bertz CT molecular complexity index is 607. The number of anilines is 1. The van der Waals surface area contributed by atoms with E-state index in [1.54, 1.807) is 0 Å². The molecule has 0 unspecified atom stereocenters. The van der Waals surface area contributed by atoms with Gasteiger partial charge in [-0.1, -0.05) is 22.9 Å². The van der Waals surface area contributed by atoms with Crippen molar-refractivity contribution in [3.8, 4) is 0 Å². The molecule has 5 nitrogen and oxygen atoms in total. The van der Waals surface area contributed by atoms with Crippen molar-refractivity contribution in [2.24, 2.45) is 0 Å². The quantitative estimate of drug-likeness (QED) is 0.524. The summed E-state index contributed by atoms with van der Waals surface area (Å²) in [7, 11) is 0. The van der Waals surface area contributed by atoms with Crippen molar-refractivity contribution in [1.82, 2.24) is 10.1 Å². The first-order valence-electron chi connectivity index (χ1n) is 7.93. The predicted molar refractivity (Wildman–Crippen MR) is 98.7 cm³/mol. The fourth-order valence-electron chi connectivity index (χ4n) is 2.71. The summed E-state index contributed by atoms with van der Waals surface area (Å²) in [5.41, 5.74) is 3.50. The zero-order valence-corrected chi connectivity index (χ0v) is 15.5. The fourth-order valence-corrected chi connectivity index (χ4v) is 3.17. The third kappa shape index (κ3) is 4.92. The number of piperazine rings is 1. The lowest BCUT2D eigenvalue weighted by molar-refractivity contribution is 0.0871. The molecule has 1 aromatic carbocycles. The van der Waals surface area contributed by atoms with Crippen LogP contribution in [-0.2, 0) is 11.3 Å². The molecule has 1 aliphatic heterocycles. The zero-order chi connectivity index (χ0) is 16.1. The van der Waals surface area contributed by atoms with E-state index in [2.05, 4.69) is 68.7 Å². The molecule has 0 spiro atoms. The minimum atomic E-state index is 0.524. The Morgan fingerprint density at radius 3 is 2.57 bits per heavy atom. The van der Waals surface area contributed by atoms with Crippen LogP contribution in [0.15, 0.2) is 34.9 Å². The molecule has 124 valence electrons. The van der Waals surface area contributed by atoms with E-state index in [9.17, 15) is 0 Å². The minimum Gasteiger partial charge on any atom is -0.374 e. The highest BCUT2D eigenvalue weighted by molar-refractivity contribution is 14.1. The monoisotopic (exact) mass is 427 g/mol. The van der Waals surface area contributed by atoms with E-state index in [-0.39, 0.29) is 0 Å². The molecule has 2 aromatic rings. The van der Waals surface area contributed by atoms with Gasteiger partial charge in [0.25, 0.3) is 0 Å². The number of halogens is 1. The number of hydrogen-bond donors (Lipinski definition) is 0. The second kappa shape index (κ2) is 8.12. The van der Waals surface area contributed by atoms with Gasteiger partial charge in [0.1, 0.15) is 5.69 Å². The van der Waals surface area contributed by atoms with Crippen LogP contribution in [0.1, 0.15) is 11.3 Å². The lowest BCUT2D eigenvalue weighted by Crippen LogP contribution is -2.47. The van der Waals surface area contributed by atoms with Gasteiger partial charge in [0, 0.05) is 67.1 Å². The summed E-state index contributed by atoms with van der Waals surface area (Å²) in [5, 5.41) is 3.92. The van der Waals surface area contributed by atoms with Crippen LogP contribution in [0, 0.1) is 10.7 Å². The Morgan fingerprint density at radius 2 is 1.91 bits per heavy atom. The molecule has 1 aliphatic rings. The van der Waals surface area contributed by atoms with Crippen molar-refractivity contribution < 1.29 is 9.26 Å². The Labute approximate surface area is 150 Å². The first-order chi connectivity index (χ1) is 11.2. The number of hydrogen-bond acceptors (Lipinski definition) is 5. The molecule has 1 aromatic heterocycles. The van der Waals surface area contributed by atoms with E-state index in [4.69, 9.17) is 9.26 Å². The fraction of sp³-hybridized carbons (Fsp3) is 0.471. The summed E-state index contributed by atoms with van der Waals surface area (Å²) in [5.74, 6) is 0. The van der Waals surface area contributed by atoms with Gasteiger partial charge in [-0.15, -0.1) is 0 Å². The first kappa shape index (κ1) is 16.7. The number of benzene rings is 1. The van der Waals surface area contributed by atoms with E-state index in [0.29, 0.717) is 6.61 Å². The maximum atomic E-state index is 5.68. The molecule has 0 amide bonds. The molecule has 0 bridgehead atoms. The van der Waals surface area contributed by atoms with Crippen molar-refractivity contribution in [3.05, 3.63) is 45.4 Å². The third-order valence-electron chi connectivity index (χ3n) is 4.10. The van der Waals surface area contributed by atoms with Gasteiger partial charge in [-0.25, -0.2) is 0 Å². The molecule has 23 heavy (non-hydrogen) atoms. The van der Waals surface area contributed by atoms with E-state index in [0.717, 1.165) is 48.8 Å². The van der Waals surface area contributed by atoms with E-state index < -0.39 is 0 Å². The van der Waals surface area contributed by atoms with Crippen LogP contribution >= 0.6 is 22.6 Å². The normalized spacial score (nSPS) is 16.0. The molecular formula is C17H22IN3O2. The minimum absolute atomic E-state index is 0.524. The molecule has 3 rings (SSSR count). The van der Waals surface area contributed by atoms with Crippen LogP contribution in [0.3, 0.4) is 0 Å². The van der Waals surface area contributed by atoms with E-state index in [1.165, 1.54) is 11.3 Å². The number of rotatable bonds is 6. The second-order valence-corrected chi connectivity index (χ2v) is 6.90. The van der Waals surface area contributed by atoms with Crippen LogP contribution in [-0.4, -0.2) is 49.4 Å². The Balaban J connectivity index is 1.35. The summed E-state index contributed by atoms with van der Waals surface area (Å²) < 4.78 is 11.5. The molecule has 0 saturated carbocycles. The maximum absolute atomic E-state index is 5.68. The van der Waals surface area contributed by atoms with Crippen molar-refractivity contribution in [3.63, 3.8) is 0 Å². The van der Waals surface area contributed by atoms with E-state index >= 15 is 0 Å². The van der Waals surface area contributed by atoms with Gasteiger partial charge in [0.15, 0.2) is 3.77 Å². The highest BCUT2D eigenvalue weighted by Gasteiger charge is 2.16. The van der Waals surface area contributed by atoms with Gasteiger partial charge in [0.05, 0.1) is 13.2 Å². The number of ether oxygens (including phenoxy) is 1. The molecule has 1 saturated heterocycles. The van der Waals surface area contributed by atoms with Crippen LogP contribution in [0.4, 0.5) is 5.69 Å². The standard InChI is InChI=1S/C17H22IN3O2/c1-14-2-4-16(5-3-14)21-8-6-20(7-9-21)10-11-22-13-15-12-17(18)23-19-15/h2-5,12H,6-11,13H2,1H3. The molecule has 0 radical (unpaired) electrons. The SMILES string of the molecule is Cc1ccc(N2CCN(CCOCc3cc(I)on3)CC2)cc1. The number of nitrogens with zero attached hydrogens (tertiary/aromatic N) is 3. The summed E-state index contributed by atoms with van der Waals surface area (Å²) in [6.07, 6.45) is 0. The average molecular weight is 427 g/mol. The Hall–Kier alpha value is -1.12. The molecule has 1 fully saturated rings. The molecule has 2 heterocycles. The van der Waals surface area contributed by atoms with Gasteiger partial charge in [0.2, 0.25) is 0 Å². The van der Waals surface area contributed by atoms with Gasteiger partial charge < -0.3 is 14.2 Å². The smallest absolute Gasteiger partial charge is 0.196 e. The third-order valence-corrected chi connectivity index (χ3v) is 4.61. The predicted octanol–water partition coefficient (Wildman–Crippen LogP) is 2.93. The van der Waals surface area contributed by atoms with Crippen molar-refractivity contribution in [2.75, 3.05) is 44.2 Å². The van der Waals surface area contributed by atoms with Crippen LogP contribution in [0.25, 0.3) is 0 Å². The first-order valence-corrected chi connectivity index (χ1v) is 9.01. The van der Waals surface area contributed by atoms with Gasteiger partial charge in [-0.3, -0.25) is 4.90 Å². The van der Waals surface area contributed by atoms with Gasteiger partial charge in [-0.2, -0.15) is 0 Å². The Kier molecular flexibility index (Phi) is 5.91. The lowest BCUT2D eigenvalue weighted by Gasteiger charge is -2.36. The van der Waals surface area contributed by atoms with Crippen molar-refractivity contribution in [2.45, 2.75) is 13.5 Å². The summed E-state index contributed by atoms with van der Waals surface area (Å²) in [6, 6.07) is 10.7. The summed E-state index contributed by atoms with van der Waals surface area (Å²) in [6.45, 7) is 8.66. The summed E-state index contributed by atoms with van der Waals surface area (Å²) >= 11 is 2.11. The maximum Gasteiger partial charge on any atom is 0.196 e. The topological polar surface area (TPSA) is 41.7 Å². The van der Waals surface area contributed by atoms with Gasteiger partial charge in [-0.05, 0) is 19.1 Å². The highest BCUT2D eigenvalue weighted by atomic mass is 127. The zero-order valence-electron chi connectivity index (χ0n) is 13.4. The second-order valence-electron chi connectivity index (χ2n) is 5.84. The molecule has 0 aliphatic carbocycles.